The quantitative estimate of drug-likeness (QED) is 0.671. The van der Waals surface area contributed by atoms with Crippen molar-refractivity contribution in [2.45, 2.75) is 25.3 Å². The number of fused-ring (bicyclic) bond motifs is 3. The van der Waals surface area contributed by atoms with Crippen LogP contribution in [0, 0.1) is 29.6 Å². The molecule has 3 saturated carbocycles. The fourth-order valence-corrected chi connectivity index (χ4v) is 4.02. The molecule has 3 aliphatic carbocycles. The lowest BCUT2D eigenvalue weighted by atomic mass is 9.90. The van der Waals surface area contributed by atoms with Crippen molar-refractivity contribution in [1.29, 1.82) is 0 Å². The fraction of sp³-hybridized carbons (Fsp3) is 0.818. The summed E-state index contributed by atoms with van der Waals surface area (Å²) in [5, 5.41) is 4.10. The molecule has 0 spiro atoms. The van der Waals surface area contributed by atoms with Crippen LogP contribution < -0.4 is 11.2 Å². The second-order valence-electron chi connectivity index (χ2n) is 5.51. The highest BCUT2D eigenvalue weighted by atomic mass is 16.1. The molecule has 0 aromatic rings. The molecule has 4 rings (SSSR count). The van der Waals surface area contributed by atoms with E-state index in [1.165, 1.54) is 12.8 Å². The van der Waals surface area contributed by atoms with Gasteiger partial charge < -0.3 is 11.2 Å². The van der Waals surface area contributed by atoms with Gasteiger partial charge in [0, 0.05) is 5.92 Å². The number of primary amides is 1. The van der Waals surface area contributed by atoms with Gasteiger partial charge in [0.2, 0.25) is 0 Å². The lowest BCUT2D eigenvalue weighted by molar-refractivity contribution is -0.112. The third kappa shape index (κ3) is 0.924. The van der Waals surface area contributed by atoms with Crippen LogP contribution in [0.2, 0.25) is 0 Å². The Labute approximate surface area is 88.3 Å². The van der Waals surface area contributed by atoms with Gasteiger partial charge in [-0.05, 0) is 42.9 Å². The Morgan fingerprint density at radius 1 is 1.40 bits per heavy atom. The second-order valence-corrected chi connectivity index (χ2v) is 5.51. The summed E-state index contributed by atoms with van der Waals surface area (Å²) in [5.74, 6) is 3.60. The first kappa shape index (κ1) is 8.13. The van der Waals surface area contributed by atoms with Crippen molar-refractivity contribution in [3.05, 3.63) is 0 Å². The summed E-state index contributed by atoms with van der Waals surface area (Å²) in [5.41, 5.74) is 9.05. The summed E-state index contributed by atoms with van der Waals surface area (Å²) < 4.78 is 0. The molecule has 80 valence electrons. The van der Waals surface area contributed by atoms with Crippen molar-refractivity contribution in [2.24, 2.45) is 40.4 Å². The van der Waals surface area contributed by atoms with Crippen LogP contribution >= 0.6 is 0 Å². The molecule has 5 atom stereocenters. The molecule has 4 aliphatic rings. The minimum atomic E-state index is -0.334. The van der Waals surface area contributed by atoms with Gasteiger partial charge in [-0.3, -0.25) is 4.79 Å². The minimum absolute atomic E-state index is 0.326. The molecule has 3 fully saturated rings. The molecule has 0 bridgehead atoms. The molecule has 4 heteroatoms. The number of hydrogen-bond donors (Lipinski definition) is 2. The molecule has 4 nitrogen and oxygen atoms in total. The number of carbonyl (C=O) groups excluding carboxylic acids is 1. The zero-order valence-electron chi connectivity index (χ0n) is 8.52. The first-order chi connectivity index (χ1) is 7.27. The highest BCUT2D eigenvalue weighted by Crippen LogP contribution is 2.67. The van der Waals surface area contributed by atoms with E-state index in [2.05, 4.69) is 10.5 Å². The van der Waals surface area contributed by atoms with Gasteiger partial charge in [-0.1, -0.05) is 0 Å². The van der Waals surface area contributed by atoms with Crippen LogP contribution in [0.15, 0.2) is 5.10 Å². The maximum atomic E-state index is 11.1. The summed E-state index contributed by atoms with van der Waals surface area (Å²) in [7, 11) is 0. The van der Waals surface area contributed by atoms with E-state index in [4.69, 9.17) is 5.73 Å². The lowest BCUT2D eigenvalue weighted by Gasteiger charge is -2.15. The number of nitrogens with two attached hydrogens (primary N) is 1. The Hall–Kier alpha value is -1.06. The monoisotopic (exact) mass is 205 g/mol. The average molecular weight is 205 g/mol. The molecule has 1 heterocycles. The van der Waals surface area contributed by atoms with E-state index >= 15 is 0 Å². The smallest absolute Gasteiger partial charge is 0.265 e. The lowest BCUT2D eigenvalue weighted by Crippen LogP contribution is -2.34. The molecular weight excluding hydrogens is 190 g/mol. The normalized spacial score (nSPS) is 50.4. The van der Waals surface area contributed by atoms with Gasteiger partial charge in [-0.25, -0.2) is 0 Å². The van der Waals surface area contributed by atoms with E-state index in [0.29, 0.717) is 17.7 Å². The average Bonchev–Trinajstić information content (AvgIpc) is 3.03. The van der Waals surface area contributed by atoms with Crippen LogP contribution in [0.4, 0.5) is 0 Å². The van der Waals surface area contributed by atoms with E-state index in [1.807, 2.05) is 0 Å². The van der Waals surface area contributed by atoms with Crippen molar-refractivity contribution < 1.29 is 4.79 Å². The van der Waals surface area contributed by atoms with E-state index in [-0.39, 0.29) is 5.91 Å². The van der Waals surface area contributed by atoms with E-state index in [0.717, 1.165) is 30.1 Å². The minimum Gasteiger partial charge on any atom is -0.364 e. The number of hydrogen-bond acceptors (Lipinski definition) is 3. The maximum Gasteiger partial charge on any atom is 0.265 e. The fourth-order valence-electron chi connectivity index (χ4n) is 4.02. The van der Waals surface area contributed by atoms with Crippen molar-refractivity contribution in [3.63, 3.8) is 0 Å². The standard InChI is InChI=1S/C11H15N3O/c12-11(15)10-6-3-5-7(4-1-2-4)8(5)9(6)13-14-10/h4-9,13H,1-3H2,(H2,12,15)/t5-,6?,7+,8-,9?/m0/s1. The van der Waals surface area contributed by atoms with Crippen LogP contribution in [0.5, 0.6) is 0 Å². The summed E-state index contributed by atoms with van der Waals surface area (Å²) in [6.45, 7) is 0. The zero-order valence-corrected chi connectivity index (χ0v) is 8.52. The molecule has 15 heavy (non-hydrogen) atoms. The van der Waals surface area contributed by atoms with Crippen LogP contribution in [0.25, 0.3) is 0 Å². The predicted octanol–water partition coefficient (Wildman–Crippen LogP) is 0.0916. The Morgan fingerprint density at radius 2 is 2.20 bits per heavy atom. The van der Waals surface area contributed by atoms with Crippen molar-refractivity contribution >= 4 is 11.6 Å². The van der Waals surface area contributed by atoms with E-state index < -0.39 is 0 Å². The first-order valence-electron chi connectivity index (χ1n) is 5.90. The third-order valence-corrected chi connectivity index (χ3v) is 4.77. The van der Waals surface area contributed by atoms with Gasteiger partial charge in [0.15, 0.2) is 0 Å². The number of rotatable bonds is 2. The predicted molar refractivity (Wildman–Crippen MR) is 54.9 cm³/mol. The zero-order chi connectivity index (χ0) is 10.2. The highest BCUT2D eigenvalue weighted by molar-refractivity contribution is 6.39. The van der Waals surface area contributed by atoms with E-state index in [9.17, 15) is 4.79 Å². The van der Waals surface area contributed by atoms with Crippen molar-refractivity contribution in [3.8, 4) is 0 Å². The number of carbonyl (C=O) groups is 1. The molecule has 0 radical (unpaired) electrons. The summed E-state index contributed by atoms with van der Waals surface area (Å²) in [6, 6.07) is 0.433. The van der Waals surface area contributed by atoms with Gasteiger partial charge in [0.25, 0.3) is 5.91 Å². The van der Waals surface area contributed by atoms with Crippen LogP contribution in [-0.4, -0.2) is 17.7 Å². The molecule has 2 unspecified atom stereocenters. The topological polar surface area (TPSA) is 67.5 Å². The number of amides is 1. The summed E-state index contributed by atoms with van der Waals surface area (Å²) >= 11 is 0. The summed E-state index contributed by atoms with van der Waals surface area (Å²) in [6.07, 6.45) is 4.00. The Morgan fingerprint density at radius 3 is 2.87 bits per heavy atom. The van der Waals surface area contributed by atoms with Crippen LogP contribution in [0.1, 0.15) is 19.3 Å². The van der Waals surface area contributed by atoms with Gasteiger partial charge in [0.1, 0.15) is 5.71 Å². The molecule has 1 amide bonds. The Kier molecular flexibility index (Phi) is 1.28. The largest absolute Gasteiger partial charge is 0.364 e. The van der Waals surface area contributed by atoms with Gasteiger partial charge in [-0.15, -0.1) is 0 Å². The molecule has 3 N–H and O–H groups in total. The van der Waals surface area contributed by atoms with Crippen molar-refractivity contribution in [2.75, 3.05) is 0 Å². The van der Waals surface area contributed by atoms with Gasteiger partial charge >= 0.3 is 0 Å². The van der Waals surface area contributed by atoms with Gasteiger partial charge in [-0.2, -0.15) is 5.10 Å². The Balaban J connectivity index is 1.54. The van der Waals surface area contributed by atoms with E-state index in [1.54, 1.807) is 0 Å². The first-order valence-corrected chi connectivity index (χ1v) is 5.90. The highest BCUT2D eigenvalue weighted by Gasteiger charge is 2.67. The molecule has 1 aliphatic heterocycles. The Bertz CT molecular complexity index is 374. The molecule has 0 saturated heterocycles. The van der Waals surface area contributed by atoms with Gasteiger partial charge in [0.05, 0.1) is 6.04 Å². The molecule has 0 aromatic heterocycles. The number of nitrogens with zero attached hydrogens (tertiary/aromatic N) is 1. The molecule has 0 aromatic carbocycles. The summed E-state index contributed by atoms with van der Waals surface area (Å²) in [4.78, 5) is 11.1. The second kappa shape index (κ2) is 2.36. The molecular formula is C11H15N3O. The SMILES string of the molecule is NC(=O)C1=NNC2C1C[C@H]1[C@@H](C3CC3)[C@@H]21. The van der Waals surface area contributed by atoms with Crippen molar-refractivity contribution in [1.82, 2.24) is 5.43 Å². The van der Waals surface area contributed by atoms with Crippen LogP contribution in [0.3, 0.4) is 0 Å². The third-order valence-electron chi connectivity index (χ3n) is 4.77. The number of nitrogens with one attached hydrogen (secondary N) is 1. The maximum absolute atomic E-state index is 11.1. The number of hydrazone groups is 1. The van der Waals surface area contributed by atoms with Crippen LogP contribution in [-0.2, 0) is 4.79 Å².